The Kier molecular flexibility index (Phi) is 5.71. The lowest BCUT2D eigenvalue weighted by Gasteiger charge is -2.24. The third-order valence-corrected chi connectivity index (χ3v) is 4.15. The zero-order valence-corrected chi connectivity index (χ0v) is 13.1. The van der Waals surface area contributed by atoms with Gasteiger partial charge in [0.1, 0.15) is 0 Å². The summed E-state index contributed by atoms with van der Waals surface area (Å²) in [5.74, 6) is -1.49. The number of hydrogen-bond acceptors (Lipinski definition) is 4. The minimum Gasteiger partial charge on any atom is -0.479 e. The van der Waals surface area contributed by atoms with Crippen LogP contribution < -0.4 is 5.32 Å². The molecule has 0 spiro atoms. The Morgan fingerprint density at radius 3 is 2.65 bits per heavy atom. The molecule has 112 valence electrons. The molecular formula is C14H21NO4S. The number of aliphatic carboxylic acids is 1. The van der Waals surface area contributed by atoms with E-state index in [0.29, 0.717) is 4.88 Å². The molecule has 0 bridgehead atoms. The van der Waals surface area contributed by atoms with Gasteiger partial charge in [0.25, 0.3) is 5.91 Å². The maximum absolute atomic E-state index is 12.2. The number of aryl methyl sites for hydroxylation is 2. The van der Waals surface area contributed by atoms with E-state index in [1.165, 1.54) is 25.4 Å². The first-order valence-corrected chi connectivity index (χ1v) is 7.30. The molecule has 1 aromatic heterocycles. The minimum atomic E-state index is -1.42. The summed E-state index contributed by atoms with van der Waals surface area (Å²) in [7, 11) is 1.40. The van der Waals surface area contributed by atoms with Gasteiger partial charge < -0.3 is 15.2 Å². The normalized spacial score (nSPS) is 13.8. The lowest BCUT2D eigenvalue weighted by Crippen LogP contribution is -2.55. The maximum atomic E-state index is 12.2. The lowest BCUT2D eigenvalue weighted by molar-refractivity contribution is -0.145. The SMILES string of the molecule is CCCc1cc(C(=O)NC(C)(COC)C(=O)O)sc1C. The molecular weight excluding hydrogens is 278 g/mol. The first-order valence-electron chi connectivity index (χ1n) is 6.48. The van der Waals surface area contributed by atoms with E-state index >= 15 is 0 Å². The molecule has 5 nitrogen and oxygen atoms in total. The standard InChI is InChI=1S/C14H21NO4S/c1-5-6-10-7-11(20-9(10)2)12(16)15-14(3,8-19-4)13(17)18/h7H,5-6,8H2,1-4H3,(H,15,16)(H,17,18). The summed E-state index contributed by atoms with van der Waals surface area (Å²) in [6.07, 6.45) is 1.93. The van der Waals surface area contributed by atoms with Crippen molar-refractivity contribution in [3.63, 3.8) is 0 Å². The van der Waals surface area contributed by atoms with E-state index in [4.69, 9.17) is 4.74 Å². The average Bonchev–Trinajstić information content (AvgIpc) is 2.72. The number of methoxy groups -OCH3 is 1. The summed E-state index contributed by atoms with van der Waals surface area (Å²) >= 11 is 1.39. The van der Waals surface area contributed by atoms with Gasteiger partial charge in [-0.1, -0.05) is 13.3 Å². The monoisotopic (exact) mass is 299 g/mol. The first-order chi connectivity index (χ1) is 9.34. The smallest absolute Gasteiger partial charge is 0.331 e. The van der Waals surface area contributed by atoms with Gasteiger partial charge in [0.2, 0.25) is 0 Å². The molecule has 0 aliphatic heterocycles. The van der Waals surface area contributed by atoms with Crippen LogP contribution in [0.15, 0.2) is 6.07 Å². The van der Waals surface area contributed by atoms with E-state index in [1.54, 1.807) is 0 Å². The predicted octanol–water partition coefficient (Wildman–Crippen LogP) is 2.23. The van der Waals surface area contributed by atoms with E-state index in [9.17, 15) is 14.7 Å². The number of ether oxygens (including phenoxy) is 1. The Morgan fingerprint density at radius 1 is 1.50 bits per heavy atom. The largest absolute Gasteiger partial charge is 0.479 e. The second kappa shape index (κ2) is 6.85. The van der Waals surface area contributed by atoms with Crippen molar-refractivity contribution in [2.24, 2.45) is 0 Å². The van der Waals surface area contributed by atoms with Crippen LogP contribution in [0.1, 0.15) is 40.4 Å². The molecule has 6 heteroatoms. The molecule has 1 aromatic rings. The minimum absolute atomic E-state index is 0.0831. The molecule has 2 N–H and O–H groups in total. The third kappa shape index (κ3) is 3.80. The fraction of sp³-hybridized carbons (Fsp3) is 0.571. The Morgan fingerprint density at radius 2 is 2.15 bits per heavy atom. The summed E-state index contributed by atoms with van der Waals surface area (Å²) in [5.41, 5.74) is -0.277. The predicted molar refractivity (Wildman–Crippen MR) is 78.4 cm³/mol. The topological polar surface area (TPSA) is 75.6 Å². The van der Waals surface area contributed by atoms with E-state index < -0.39 is 11.5 Å². The summed E-state index contributed by atoms with van der Waals surface area (Å²) in [6.45, 7) is 5.40. The van der Waals surface area contributed by atoms with Gasteiger partial charge in [-0.25, -0.2) is 4.79 Å². The van der Waals surface area contributed by atoms with Crippen molar-refractivity contribution in [1.29, 1.82) is 0 Å². The van der Waals surface area contributed by atoms with Crippen LogP contribution >= 0.6 is 11.3 Å². The van der Waals surface area contributed by atoms with Crippen molar-refractivity contribution in [3.8, 4) is 0 Å². The first kappa shape index (κ1) is 16.7. The summed E-state index contributed by atoms with van der Waals surface area (Å²) < 4.78 is 4.88. The lowest BCUT2D eigenvalue weighted by atomic mass is 10.0. The van der Waals surface area contributed by atoms with Crippen LogP contribution in [0.3, 0.4) is 0 Å². The molecule has 0 saturated carbocycles. The number of nitrogens with one attached hydrogen (secondary N) is 1. The van der Waals surface area contributed by atoms with Crippen LogP contribution in [-0.4, -0.2) is 36.2 Å². The molecule has 0 fully saturated rings. The molecule has 0 radical (unpaired) electrons. The highest BCUT2D eigenvalue weighted by molar-refractivity contribution is 7.14. The zero-order chi connectivity index (χ0) is 15.3. The summed E-state index contributed by atoms with van der Waals surface area (Å²) in [5, 5.41) is 11.8. The second-order valence-electron chi connectivity index (χ2n) is 4.97. The molecule has 0 aliphatic carbocycles. The fourth-order valence-electron chi connectivity index (χ4n) is 1.90. The fourth-order valence-corrected chi connectivity index (χ4v) is 2.87. The molecule has 1 amide bonds. The van der Waals surface area contributed by atoms with E-state index in [-0.39, 0.29) is 12.5 Å². The zero-order valence-electron chi connectivity index (χ0n) is 12.3. The maximum Gasteiger partial charge on any atom is 0.331 e. The number of carbonyl (C=O) groups is 2. The highest BCUT2D eigenvalue weighted by atomic mass is 32.1. The van der Waals surface area contributed by atoms with Crippen LogP contribution in [0, 0.1) is 6.92 Å². The van der Waals surface area contributed by atoms with Gasteiger partial charge in [-0.3, -0.25) is 4.79 Å². The molecule has 1 heterocycles. The van der Waals surface area contributed by atoms with Gasteiger partial charge in [-0.15, -0.1) is 11.3 Å². The Bertz CT molecular complexity index is 497. The van der Waals surface area contributed by atoms with Crippen molar-refractivity contribution < 1.29 is 19.4 Å². The van der Waals surface area contributed by atoms with Gasteiger partial charge in [-0.2, -0.15) is 0 Å². The number of hydrogen-bond donors (Lipinski definition) is 2. The van der Waals surface area contributed by atoms with Gasteiger partial charge in [0, 0.05) is 12.0 Å². The average molecular weight is 299 g/mol. The quantitative estimate of drug-likeness (QED) is 0.809. The van der Waals surface area contributed by atoms with Gasteiger partial charge in [0.05, 0.1) is 11.5 Å². The Balaban J connectivity index is 2.89. The number of carbonyl (C=O) groups excluding carboxylic acids is 1. The molecule has 1 atom stereocenters. The number of thiophene rings is 1. The number of carboxylic acids is 1. The molecule has 1 rings (SSSR count). The van der Waals surface area contributed by atoms with Gasteiger partial charge >= 0.3 is 5.97 Å². The van der Waals surface area contributed by atoms with Crippen molar-refractivity contribution >= 4 is 23.2 Å². The van der Waals surface area contributed by atoms with E-state index in [1.807, 2.05) is 13.0 Å². The van der Waals surface area contributed by atoms with E-state index in [0.717, 1.165) is 23.3 Å². The molecule has 0 aliphatic rings. The third-order valence-electron chi connectivity index (χ3n) is 3.06. The van der Waals surface area contributed by atoms with Crippen LogP contribution in [0.5, 0.6) is 0 Å². The number of rotatable bonds is 7. The summed E-state index contributed by atoms with van der Waals surface area (Å²) in [4.78, 5) is 25.1. The van der Waals surface area contributed by atoms with Crippen molar-refractivity contribution in [2.75, 3.05) is 13.7 Å². The Hall–Kier alpha value is -1.40. The van der Waals surface area contributed by atoms with Crippen molar-refractivity contribution in [3.05, 3.63) is 21.4 Å². The van der Waals surface area contributed by atoms with Crippen molar-refractivity contribution in [2.45, 2.75) is 39.2 Å². The molecule has 0 aromatic carbocycles. The molecule has 1 unspecified atom stereocenters. The van der Waals surface area contributed by atoms with Gasteiger partial charge in [0.15, 0.2) is 5.54 Å². The van der Waals surface area contributed by atoms with E-state index in [2.05, 4.69) is 12.2 Å². The van der Waals surface area contributed by atoms with Crippen LogP contribution in [0.2, 0.25) is 0 Å². The van der Waals surface area contributed by atoms with Crippen LogP contribution in [0.25, 0.3) is 0 Å². The highest BCUT2D eigenvalue weighted by Gasteiger charge is 2.35. The number of amides is 1. The van der Waals surface area contributed by atoms with Gasteiger partial charge in [-0.05, 0) is 31.9 Å². The van der Waals surface area contributed by atoms with Crippen LogP contribution in [-0.2, 0) is 16.0 Å². The highest BCUT2D eigenvalue weighted by Crippen LogP contribution is 2.23. The molecule has 0 saturated heterocycles. The summed E-state index contributed by atoms with van der Waals surface area (Å²) in [6, 6.07) is 1.84. The van der Waals surface area contributed by atoms with Crippen LogP contribution in [0.4, 0.5) is 0 Å². The number of carboxylic acid groups (broad SMARTS) is 1. The second-order valence-corrected chi connectivity index (χ2v) is 6.22. The molecule has 20 heavy (non-hydrogen) atoms. The Labute approximate surface area is 123 Å². The van der Waals surface area contributed by atoms with Crippen molar-refractivity contribution in [1.82, 2.24) is 5.32 Å².